The highest BCUT2D eigenvalue weighted by molar-refractivity contribution is 5.99. The molecule has 8 heteroatoms. The standard InChI is InChI=1S/C37H45N3O5/c1-7-9-10-15-24-40(35(43)32(39-36(44)45-37(4,5)6)25-27-20-22-29(41)23-21-27)33(30-18-13-12-17-28(30)8-2)34(42)38-31-19-14-11-16-26(31)3/h2,11-14,16-23,32-33,41H,7,9-10,15,24-25H2,1,3-6H3,(H,38,42)(H,39,44). The number of carbonyl (C=O) groups is 3. The van der Waals surface area contributed by atoms with Crippen molar-refractivity contribution in [3.63, 3.8) is 0 Å². The Hall–Kier alpha value is -4.77. The number of alkyl carbamates (subject to hydrolysis) is 1. The van der Waals surface area contributed by atoms with Crippen LogP contribution in [-0.2, 0) is 20.7 Å². The first-order valence-corrected chi connectivity index (χ1v) is 15.4. The van der Waals surface area contributed by atoms with Gasteiger partial charge in [0, 0.05) is 24.2 Å². The molecule has 0 heterocycles. The predicted octanol–water partition coefficient (Wildman–Crippen LogP) is 6.91. The van der Waals surface area contributed by atoms with Gasteiger partial charge in [0.2, 0.25) is 5.91 Å². The number of aryl methyl sites for hydroxylation is 1. The maximum atomic E-state index is 14.7. The van der Waals surface area contributed by atoms with Crippen LogP contribution in [0.4, 0.5) is 10.5 Å². The van der Waals surface area contributed by atoms with Gasteiger partial charge in [-0.15, -0.1) is 6.42 Å². The number of rotatable bonds is 13. The number of nitrogens with one attached hydrogen (secondary N) is 2. The van der Waals surface area contributed by atoms with Gasteiger partial charge in [-0.1, -0.05) is 80.6 Å². The average molecular weight is 612 g/mol. The van der Waals surface area contributed by atoms with E-state index >= 15 is 0 Å². The molecule has 45 heavy (non-hydrogen) atoms. The van der Waals surface area contributed by atoms with E-state index in [0.29, 0.717) is 28.8 Å². The Morgan fingerprint density at radius 2 is 1.62 bits per heavy atom. The first-order chi connectivity index (χ1) is 21.4. The molecule has 3 rings (SSSR count). The van der Waals surface area contributed by atoms with Crippen LogP contribution in [0, 0.1) is 19.3 Å². The molecule has 0 aliphatic carbocycles. The molecule has 0 aliphatic heterocycles. The van der Waals surface area contributed by atoms with Crippen LogP contribution in [0.15, 0.2) is 72.8 Å². The Balaban J connectivity index is 2.12. The quantitative estimate of drug-likeness (QED) is 0.144. The number of nitrogens with zero attached hydrogens (tertiary/aromatic N) is 1. The zero-order chi connectivity index (χ0) is 33.0. The van der Waals surface area contributed by atoms with E-state index in [1.165, 1.54) is 17.0 Å². The van der Waals surface area contributed by atoms with Crippen molar-refractivity contribution in [2.75, 3.05) is 11.9 Å². The highest BCUT2D eigenvalue weighted by atomic mass is 16.6. The summed E-state index contributed by atoms with van der Waals surface area (Å²) in [5.41, 5.74) is 2.40. The molecule has 0 aliphatic rings. The number of para-hydroxylation sites is 1. The summed E-state index contributed by atoms with van der Waals surface area (Å²) in [6.45, 7) is 9.48. The van der Waals surface area contributed by atoms with Gasteiger partial charge >= 0.3 is 6.09 Å². The number of phenols is 1. The number of hydrogen-bond donors (Lipinski definition) is 3. The average Bonchev–Trinajstić information content (AvgIpc) is 2.99. The number of aromatic hydroxyl groups is 1. The van der Waals surface area contributed by atoms with Crippen LogP contribution in [0.5, 0.6) is 5.75 Å². The summed E-state index contributed by atoms with van der Waals surface area (Å²) >= 11 is 0. The second-order valence-electron chi connectivity index (χ2n) is 12.1. The molecule has 238 valence electrons. The maximum Gasteiger partial charge on any atom is 0.408 e. The summed E-state index contributed by atoms with van der Waals surface area (Å²) in [5, 5.41) is 15.6. The fraction of sp³-hybridized carbons (Fsp3) is 0.378. The molecule has 0 saturated heterocycles. The van der Waals surface area contributed by atoms with E-state index in [2.05, 4.69) is 23.5 Å². The minimum Gasteiger partial charge on any atom is -0.508 e. The van der Waals surface area contributed by atoms with E-state index < -0.39 is 35.6 Å². The lowest BCUT2D eigenvalue weighted by molar-refractivity contribution is -0.140. The summed E-state index contributed by atoms with van der Waals surface area (Å²) in [7, 11) is 0. The minimum atomic E-state index is -1.09. The number of benzene rings is 3. The summed E-state index contributed by atoms with van der Waals surface area (Å²) in [4.78, 5) is 43.5. The van der Waals surface area contributed by atoms with Gasteiger partial charge in [-0.2, -0.15) is 0 Å². The molecule has 0 bridgehead atoms. The second kappa shape index (κ2) is 16.3. The number of ether oxygens (including phenoxy) is 1. The largest absolute Gasteiger partial charge is 0.508 e. The molecule has 0 radical (unpaired) electrons. The van der Waals surface area contributed by atoms with Crippen LogP contribution in [0.25, 0.3) is 0 Å². The number of amides is 3. The highest BCUT2D eigenvalue weighted by Gasteiger charge is 2.37. The molecule has 2 atom stereocenters. The molecule has 3 amide bonds. The van der Waals surface area contributed by atoms with Gasteiger partial charge in [-0.05, 0) is 75.1 Å². The number of carbonyl (C=O) groups excluding carboxylic acids is 3. The molecule has 0 spiro atoms. The second-order valence-corrected chi connectivity index (χ2v) is 12.1. The molecular weight excluding hydrogens is 566 g/mol. The van der Waals surface area contributed by atoms with Gasteiger partial charge in [0.25, 0.3) is 5.91 Å². The minimum absolute atomic E-state index is 0.0816. The van der Waals surface area contributed by atoms with Crippen molar-refractivity contribution >= 4 is 23.6 Å². The lowest BCUT2D eigenvalue weighted by Gasteiger charge is -2.35. The fourth-order valence-corrected chi connectivity index (χ4v) is 5.03. The van der Waals surface area contributed by atoms with Gasteiger partial charge in [0.05, 0.1) is 0 Å². The van der Waals surface area contributed by atoms with Crippen LogP contribution in [0.3, 0.4) is 0 Å². The Bertz CT molecular complexity index is 1490. The van der Waals surface area contributed by atoms with Gasteiger partial charge in [-0.3, -0.25) is 9.59 Å². The molecular formula is C37H45N3O5. The number of anilines is 1. The zero-order valence-corrected chi connectivity index (χ0v) is 26.9. The monoisotopic (exact) mass is 611 g/mol. The molecule has 3 N–H and O–H groups in total. The normalized spacial score (nSPS) is 12.4. The number of phenolic OH excluding ortho intramolecular Hbond substituents is 1. The van der Waals surface area contributed by atoms with Gasteiger partial charge in [0.15, 0.2) is 0 Å². The molecule has 3 aromatic rings. The first-order valence-electron chi connectivity index (χ1n) is 15.4. The fourth-order valence-electron chi connectivity index (χ4n) is 5.03. The third-order valence-electron chi connectivity index (χ3n) is 7.27. The van der Waals surface area contributed by atoms with Crippen molar-refractivity contribution in [3.05, 3.63) is 95.1 Å². The van der Waals surface area contributed by atoms with Gasteiger partial charge in [-0.25, -0.2) is 4.79 Å². The molecule has 2 unspecified atom stereocenters. The van der Waals surface area contributed by atoms with E-state index in [-0.39, 0.29) is 18.7 Å². The maximum absolute atomic E-state index is 14.7. The van der Waals surface area contributed by atoms with Gasteiger partial charge < -0.3 is 25.4 Å². The summed E-state index contributed by atoms with van der Waals surface area (Å²) in [5.74, 6) is 1.88. The first kappa shape index (κ1) is 34.7. The van der Waals surface area contributed by atoms with Crippen molar-refractivity contribution in [2.24, 2.45) is 0 Å². The third-order valence-corrected chi connectivity index (χ3v) is 7.27. The number of unbranched alkanes of at least 4 members (excludes halogenated alkanes) is 3. The lowest BCUT2D eigenvalue weighted by atomic mass is 9.96. The van der Waals surface area contributed by atoms with E-state index in [0.717, 1.165) is 24.8 Å². The molecule has 0 fully saturated rings. The Morgan fingerprint density at radius 1 is 0.956 bits per heavy atom. The van der Waals surface area contributed by atoms with Crippen LogP contribution in [-0.4, -0.2) is 46.1 Å². The molecule has 8 nitrogen and oxygen atoms in total. The third kappa shape index (κ3) is 10.4. The van der Waals surface area contributed by atoms with Crippen molar-refractivity contribution < 1.29 is 24.2 Å². The summed E-state index contributed by atoms with van der Waals surface area (Å²) < 4.78 is 5.52. The van der Waals surface area contributed by atoms with Crippen LogP contribution in [0.2, 0.25) is 0 Å². The number of hydrogen-bond acceptors (Lipinski definition) is 5. The highest BCUT2D eigenvalue weighted by Crippen LogP contribution is 2.29. The van der Waals surface area contributed by atoms with E-state index in [1.807, 2.05) is 31.2 Å². The number of terminal acetylenes is 1. The smallest absolute Gasteiger partial charge is 0.408 e. The van der Waals surface area contributed by atoms with Crippen molar-refractivity contribution in [1.29, 1.82) is 0 Å². The summed E-state index contributed by atoms with van der Waals surface area (Å²) in [6, 6.07) is 18.8. The summed E-state index contributed by atoms with van der Waals surface area (Å²) in [6.07, 6.45) is 8.71. The van der Waals surface area contributed by atoms with E-state index in [1.54, 1.807) is 57.2 Å². The predicted molar refractivity (Wildman–Crippen MR) is 178 cm³/mol. The van der Waals surface area contributed by atoms with Crippen LogP contribution in [0.1, 0.15) is 81.7 Å². The van der Waals surface area contributed by atoms with Crippen molar-refractivity contribution in [2.45, 2.75) is 84.4 Å². The van der Waals surface area contributed by atoms with Crippen molar-refractivity contribution in [3.8, 4) is 18.1 Å². The van der Waals surface area contributed by atoms with Crippen molar-refractivity contribution in [1.82, 2.24) is 10.2 Å². The van der Waals surface area contributed by atoms with Crippen LogP contribution >= 0.6 is 0 Å². The lowest BCUT2D eigenvalue weighted by Crippen LogP contribution is -2.53. The molecule has 3 aromatic carbocycles. The topological polar surface area (TPSA) is 108 Å². The SMILES string of the molecule is C#Cc1ccccc1C(C(=O)Nc1ccccc1C)N(CCCCCC)C(=O)C(Cc1ccc(O)cc1)NC(=O)OC(C)(C)C. The Kier molecular flexibility index (Phi) is 12.6. The Labute approximate surface area is 267 Å². The molecule has 0 aromatic heterocycles. The van der Waals surface area contributed by atoms with E-state index in [4.69, 9.17) is 11.2 Å². The molecule has 0 saturated carbocycles. The van der Waals surface area contributed by atoms with Crippen LogP contribution < -0.4 is 10.6 Å². The van der Waals surface area contributed by atoms with Gasteiger partial charge in [0.1, 0.15) is 23.4 Å². The van der Waals surface area contributed by atoms with E-state index in [9.17, 15) is 19.5 Å². The Morgan fingerprint density at radius 3 is 2.27 bits per heavy atom. The zero-order valence-electron chi connectivity index (χ0n) is 26.9.